The van der Waals surface area contributed by atoms with Crippen LogP contribution in [-0.2, 0) is 0 Å². The summed E-state index contributed by atoms with van der Waals surface area (Å²) < 4.78 is 5.42. The van der Waals surface area contributed by atoms with Crippen LogP contribution in [-0.4, -0.2) is 9.97 Å². The number of halogens is 4. The average molecular weight is 310 g/mol. The highest BCUT2D eigenvalue weighted by atomic mass is 35.5. The number of nitrogens with zero attached hydrogens (tertiary/aromatic N) is 2. The third kappa shape index (κ3) is 3.36. The molecule has 0 aliphatic carbocycles. The summed E-state index contributed by atoms with van der Waals surface area (Å²) in [6, 6.07) is 4.75. The van der Waals surface area contributed by atoms with E-state index in [-0.39, 0.29) is 16.2 Å². The second-order valence-corrected chi connectivity index (χ2v) is 4.62. The number of aromatic nitrogens is 2. The number of benzene rings is 1. The van der Waals surface area contributed by atoms with Crippen LogP contribution in [0, 0.1) is 0 Å². The number of hydrogen-bond acceptors (Lipinski definition) is 3. The first-order valence-corrected chi connectivity index (χ1v) is 5.88. The van der Waals surface area contributed by atoms with E-state index in [1.165, 1.54) is 6.20 Å². The summed E-state index contributed by atoms with van der Waals surface area (Å²) in [6.45, 7) is 0. The first-order valence-electron chi connectivity index (χ1n) is 4.36. The molecule has 0 fully saturated rings. The first-order chi connectivity index (χ1) is 8.04. The highest BCUT2D eigenvalue weighted by Gasteiger charge is 2.08. The maximum atomic E-state index is 5.85. The monoisotopic (exact) mass is 308 g/mol. The second kappa shape index (κ2) is 5.27. The Hall–Kier alpha value is -0.740. The van der Waals surface area contributed by atoms with Crippen molar-refractivity contribution in [2.45, 2.75) is 0 Å². The van der Waals surface area contributed by atoms with Gasteiger partial charge >= 0.3 is 0 Å². The molecule has 3 nitrogen and oxygen atoms in total. The normalized spacial score (nSPS) is 10.4. The van der Waals surface area contributed by atoms with E-state index in [2.05, 4.69) is 9.97 Å². The topological polar surface area (TPSA) is 35.0 Å². The third-order valence-corrected chi connectivity index (χ3v) is 2.61. The predicted octanol–water partition coefficient (Wildman–Crippen LogP) is 4.88. The molecule has 17 heavy (non-hydrogen) atoms. The number of rotatable bonds is 2. The van der Waals surface area contributed by atoms with Crippen LogP contribution in [0.5, 0.6) is 11.6 Å². The van der Waals surface area contributed by atoms with Gasteiger partial charge in [0.25, 0.3) is 0 Å². The van der Waals surface area contributed by atoms with E-state index in [4.69, 9.17) is 51.1 Å². The van der Waals surface area contributed by atoms with Crippen LogP contribution >= 0.6 is 46.4 Å². The molecule has 0 radical (unpaired) electrons. The molecule has 7 heteroatoms. The maximum Gasteiger partial charge on any atom is 0.242 e. The van der Waals surface area contributed by atoms with Crippen molar-refractivity contribution in [1.82, 2.24) is 9.97 Å². The van der Waals surface area contributed by atoms with Crippen molar-refractivity contribution in [2.75, 3.05) is 0 Å². The van der Waals surface area contributed by atoms with Gasteiger partial charge in [-0.2, -0.15) is 4.98 Å². The molecule has 0 saturated carbocycles. The minimum Gasteiger partial charge on any atom is -0.437 e. The molecule has 2 aromatic rings. The highest BCUT2D eigenvalue weighted by Crippen LogP contribution is 2.31. The van der Waals surface area contributed by atoms with E-state index < -0.39 is 0 Å². The van der Waals surface area contributed by atoms with E-state index in [1.807, 2.05) is 0 Å². The molecule has 0 saturated heterocycles. The van der Waals surface area contributed by atoms with Crippen molar-refractivity contribution < 1.29 is 4.74 Å². The Morgan fingerprint density at radius 1 is 0.941 bits per heavy atom. The lowest BCUT2D eigenvalue weighted by atomic mass is 10.3. The molecule has 0 N–H and O–H groups in total. The molecule has 1 aromatic heterocycles. The van der Waals surface area contributed by atoms with E-state index in [0.29, 0.717) is 15.8 Å². The van der Waals surface area contributed by atoms with Gasteiger partial charge in [0.1, 0.15) is 10.8 Å². The summed E-state index contributed by atoms with van der Waals surface area (Å²) in [5.41, 5.74) is 0. The first kappa shape index (κ1) is 12.7. The summed E-state index contributed by atoms with van der Waals surface area (Å²) in [5.74, 6) is 0.559. The molecule has 1 heterocycles. The lowest BCUT2D eigenvalue weighted by molar-refractivity contribution is 0.462. The van der Waals surface area contributed by atoms with Gasteiger partial charge in [-0.25, -0.2) is 4.98 Å². The van der Waals surface area contributed by atoms with E-state index in [1.54, 1.807) is 18.2 Å². The smallest absolute Gasteiger partial charge is 0.242 e. The van der Waals surface area contributed by atoms with Gasteiger partial charge in [-0.15, -0.1) is 0 Å². The quantitative estimate of drug-likeness (QED) is 0.741. The molecular formula is C10H4Cl4N2O. The van der Waals surface area contributed by atoms with Crippen molar-refractivity contribution in [1.29, 1.82) is 0 Å². The van der Waals surface area contributed by atoms with Gasteiger partial charge in [-0.3, -0.25) is 0 Å². The molecule has 1 aromatic carbocycles. The standard InChI is InChI=1S/C10H4Cl4N2O/c11-5-1-6(12)3-7(2-5)17-9-8(13)4-15-10(14)16-9/h1-4H. The molecule has 0 aliphatic heterocycles. The van der Waals surface area contributed by atoms with Gasteiger partial charge in [0.05, 0.1) is 6.20 Å². The molecule has 0 aliphatic rings. The molecule has 0 spiro atoms. The van der Waals surface area contributed by atoms with Crippen LogP contribution < -0.4 is 4.74 Å². The van der Waals surface area contributed by atoms with Crippen molar-refractivity contribution in [3.05, 3.63) is 44.7 Å². The Morgan fingerprint density at radius 3 is 2.24 bits per heavy atom. The maximum absolute atomic E-state index is 5.85. The third-order valence-electron chi connectivity index (χ3n) is 1.73. The Bertz CT molecular complexity index is 542. The fraction of sp³-hybridized carbons (Fsp3) is 0. The van der Waals surface area contributed by atoms with Crippen molar-refractivity contribution >= 4 is 46.4 Å². The zero-order chi connectivity index (χ0) is 12.4. The predicted molar refractivity (Wildman–Crippen MR) is 68.6 cm³/mol. The van der Waals surface area contributed by atoms with Gasteiger partial charge in [0, 0.05) is 10.0 Å². The minimum absolute atomic E-state index is 0.0394. The molecule has 2 rings (SSSR count). The Kier molecular flexibility index (Phi) is 3.94. The summed E-state index contributed by atoms with van der Waals surface area (Å²) >= 11 is 23.1. The molecule has 0 unspecified atom stereocenters. The van der Waals surface area contributed by atoms with Crippen molar-refractivity contribution in [3.8, 4) is 11.6 Å². The van der Waals surface area contributed by atoms with E-state index in [0.717, 1.165) is 0 Å². The number of ether oxygens (including phenoxy) is 1. The van der Waals surface area contributed by atoms with Crippen LogP contribution in [0.4, 0.5) is 0 Å². The Balaban J connectivity index is 2.34. The second-order valence-electron chi connectivity index (χ2n) is 3.00. The summed E-state index contributed by atoms with van der Waals surface area (Å²) in [7, 11) is 0. The number of hydrogen-bond donors (Lipinski definition) is 0. The summed E-state index contributed by atoms with van der Waals surface area (Å²) in [5, 5.41) is 1.18. The van der Waals surface area contributed by atoms with Crippen molar-refractivity contribution in [3.63, 3.8) is 0 Å². The largest absolute Gasteiger partial charge is 0.437 e. The molecule has 0 atom stereocenters. The fourth-order valence-electron chi connectivity index (χ4n) is 1.10. The lowest BCUT2D eigenvalue weighted by Crippen LogP contribution is -1.91. The van der Waals surface area contributed by atoms with E-state index >= 15 is 0 Å². The van der Waals surface area contributed by atoms with Crippen LogP contribution in [0.1, 0.15) is 0 Å². The molecular weight excluding hydrogens is 306 g/mol. The Labute approximate surface area is 117 Å². The summed E-state index contributed by atoms with van der Waals surface area (Å²) in [6.07, 6.45) is 1.35. The van der Waals surface area contributed by atoms with Crippen LogP contribution in [0.25, 0.3) is 0 Å². The van der Waals surface area contributed by atoms with Gasteiger partial charge in [0.15, 0.2) is 0 Å². The molecule has 0 amide bonds. The SMILES string of the molecule is Clc1cc(Cl)cc(Oc2nc(Cl)ncc2Cl)c1. The van der Waals surface area contributed by atoms with Gasteiger partial charge in [-0.05, 0) is 29.8 Å². The fourth-order valence-corrected chi connectivity index (χ4v) is 1.86. The minimum atomic E-state index is 0.0394. The van der Waals surface area contributed by atoms with Crippen LogP contribution in [0.15, 0.2) is 24.4 Å². The molecule has 0 bridgehead atoms. The Morgan fingerprint density at radius 2 is 1.59 bits per heavy atom. The van der Waals surface area contributed by atoms with Crippen molar-refractivity contribution in [2.24, 2.45) is 0 Å². The van der Waals surface area contributed by atoms with E-state index in [9.17, 15) is 0 Å². The van der Waals surface area contributed by atoms with Gasteiger partial charge < -0.3 is 4.74 Å². The van der Waals surface area contributed by atoms with Gasteiger partial charge in [0.2, 0.25) is 11.2 Å². The zero-order valence-electron chi connectivity index (χ0n) is 8.12. The zero-order valence-corrected chi connectivity index (χ0v) is 11.1. The van der Waals surface area contributed by atoms with Gasteiger partial charge in [-0.1, -0.05) is 34.8 Å². The van der Waals surface area contributed by atoms with Crippen LogP contribution in [0.2, 0.25) is 20.4 Å². The summed E-state index contributed by atoms with van der Waals surface area (Å²) in [4.78, 5) is 7.55. The molecule has 88 valence electrons. The average Bonchev–Trinajstić information content (AvgIpc) is 2.22. The van der Waals surface area contributed by atoms with Crippen LogP contribution in [0.3, 0.4) is 0 Å². The lowest BCUT2D eigenvalue weighted by Gasteiger charge is -2.07. The highest BCUT2D eigenvalue weighted by molar-refractivity contribution is 6.35.